The van der Waals surface area contributed by atoms with Gasteiger partial charge < -0.3 is 10.4 Å². The van der Waals surface area contributed by atoms with E-state index in [1.165, 1.54) is 0 Å². The molecule has 0 radical (unpaired) electrons. The first-order chi connectivity index (χ1) is 4.57. The molecule has 2 N–H and O–H groups in total. The Labute approximate surface area is 60.7 Å². The van der Waals surface area contributed by atoms with E-state index in [0.29, 0.717) is 5.57 Å². The molecule has 0 amide bonds. The zero-order chi connectivity index (χ0) is 8.15. The molecule has 0 saturated carbocycles. The van der Waals surface area contributed by atoms with Gasteiger partial charge in [-0.1, -0.05) is 6.08 Å². The molecule has 1 atom stereocenters. The quantitative estimate of drug-likeness (QED) is 0.569. The molecule has 0 aliphatic heterocycles. The summed E-state index contributed by atoms with van der Waals surface area (Å²) in [4.78, 5) is 10.3. The second-order valence-electron chi connectivity index (χ2n) is 2.23. The Morgan fingerprint density at radius 2 is 2.20 bits per heavy atom. The standard InChI is InChI=1S/C7H13NO2/c1-5(7(9)10)4-6(2)8-3/h4,6,8H,1-3H3,(H,9,10). The second kappa shape index (κ2) is 4.06. The van der Waals surface area contributed by atoms with Gasteiger partial charge in [-0.05, 0) is 20.9 Å². The van der Waals surface area contributed by atoms with Gasteiger partial charge in [-0.3, -0.25) is 0 Å². The van der Waals surface area contributed by atoms with Crippen LogP contribution in [0.25, 0.3) is 0 Å². The van der Waals surface area contributed by atoms with Gasteiger partial charge in [0.2, 0.25) is 0 Å². The van der Waals surface area contributed by atoms with Crippen LogP contribution in [-0.2, 0) is 4.79 Å². The zero-order valence-electron chi connectivity index (χ0n) is 6.51. The fourth-order valence-corrected chi connectivity index (χ4v) is 0.530. The molecule has 1 unspecified atom stereocenters. The third-order valence-electron chi connectivity index (χ3n) is 1.29. The third kappa shape index (κ3) is 3.25. The van der Waals surface area contributed by atoms with Gasteiger partial charge in [0.25, 0.3) is 0 Å². The smallest absolute Gasteiger partial charge is 0.331 e. The van der Waals surface area contributed by atoms with Crippen LogP contribution in [0.1, 0.15) is 13.8 Å². The summed E-state index contributed by atoms with van der Waals surface area (Å²) in [6, 6.07) is 0.121. The molecule has 0 bridgehead atoms. The number of likely N-dealkylation sites (N-methyl/N-ethyl adjacent to an activating group) is 1. The van der Waals surface area contributed by atoms with Crippen LogP contribution in [0.2, 0.25) is 0 Å². The molecular formula is C7H13NO2. The van der Waals surface area contributed by atoms with Gasteiger partial charge in [0.15, 0.2) is 0 Å². The van der Waals surface area contributed by atoms with E-state index in [4.69, 9.17) is 5.11 Å². The van der Waals surface area contributed by atoms with E-state index in [1.807, 2.05) is 6.92 Å². The van der Waals surface area contributed by atoms with Crippen LogP contribution in [0.4, 0.5) is 0 Å². The van der Waals surface area contributed by atoms with Crippen molar-refractivity contribution in [1.82, 2.24) is 5.32 Å². The lowest BCUT2D eigenvalue weighted by Crippen LogP contribution is -2.19. The average Bonchev–Trinajstić information content (AvgIpc) is 1.87. The van der Waals surface area contributed by atoms with Crippen molar-refractivity contribution >= 4 is 5.97 Å². The molecule has 0 aliphatic rings. The molecule has 0 spiro atoms. The van der Waals surface area contributed by atoms with Crippen LogP contribution in [0.3, 0.4) is 0 Å². The van der Waals surface area contributed by atoms with Crippen LogP contribution in [-0.4, -0.2) is 24.2 Å². The molecule has 10 heavy (non-hydrogen) atoms. The number of hydrogen-bond donors (Lipinski definition) is 2. The Balaban J connectivity index is 4.02. The van der Waals surface area contributed by atoms with Crippen molar-refractivity contribution in [1.29, 1.82) is 0 Å². The van der Waals surface area contributed by atoms with E-state index in [-0.39, 0.29) is 6.04 Å². The van der Waals surface area contributed by atoms with E-state index in [2.05, 4.69) is 5.32 Å². The van der Waals surface area contributed by atoms with Crippen LogP contribution >= 0.6 is 0 Å². The van der Waals surface area contributed by atoms with Crippen molar-refractivity contribution in [2.75, 3.05) is 7.05 Å². The molecule has 0 aromatic carbocycles. The highest BCUT2D eigenvalue weighted by atomic mass is 16.4. The second-order valence-corrected chi connectivity index (χ2v) is 2.23. The first-order valence-electron chi connectivity index (χ1n) is 3.17. The van der Waals surface area contributed by atoms with Gasteiger partial charge in [-0.15, -0.1) is 0 Å². The molecule has 0 aromatic rings. The number of carbonyl (C=O) groups is 1. The predicted octanol–water partition coefficient (Wildman–Crippen LogP) is 0.625. The summed E-state index contributed by atoms with van der Waals surface area (Å²) < 4.78 is 0. The van der Waals surface area contributed by atoms with Gasteiger partial charge in [-0.2, -0.15) is 0 Å². The van der Waals surface area contributed by atoms with Crippen molar-refractivity contribution in [3.63, 3.8) is 0 Å². The topological polar surface area (TPSA) is 49.3 Å². The van der Waals surface area contributed by atoms with Crippen molar-refractivity contribution in [2.45, 2.75) is 19.9 Å². The van der Waals surface area contributed by atoms with Crippen molar-refractivity contribution in [3.8, 4) is 0 Å². The molecule has 0 aromatic heterocycles. The minimum absolute atomic E-state index is 0.121. The predicted molar refractivity (Wildman–Crippen MR) is 39.9 cm³/mol. The Bertz CT molecular complexity index is 152. The maximum atomic E-state index is 10.3. The number of rotatable bonds is 3. The molecule has 0 saturated heterocycles. The van der Waals surface area contributed by atoms with Crippen LogP contribution in [0.15, 0.2) is 11.6 Å². The minimum Gasteiger partial charge on any atom is -0.478 e. The van der Waals surface area contributed by atoms with Gasteiger partial charge in [-0.25, -0.2) is 4.79 Å². The van der Waals surface area contributed by atoms with Crippen LogP contribution < -0.4 is 5.32 Å². The molecule has 0 aliphatic carbocycles. The minimum atomic E-state index is -0.859. The summed E-state index contributed by atoms with van der Waals surface area (Å²) >= 11 is 0. The Kier molecular flexibility index (Phi) is 3.72. The number of aliphatic carboxylic acids is 1. The number of hydrogen-bond acceptors (Lipinski definition) is 2. The lowest BCUT2D eigenvalue weighted by molar-refractivity contribution is -0.132. The van der Waals surface area contributed by atoms with E-state index < -0.39 is 5.97 Å². The highest BCUT2D eigenvalue weighted by molar-refractivity contribution is 5.85. The van der Waals surface area contributed by atoms with Gasteiger partial charge in [0.1, 0.15) is 0 Å². The molecule has 0 heterocycles. The van der Waals surface area contributed by atoms with E-state index in [1.54, 1.807) is 20.0 Å². The molecular weight excluding hydrogens is 130 g/mol. The number of carboxylic acid groups (broad SMARTS) is 1. The first-order valence-corrected chi connectivity index (χ1v) is 3.17. The van der Waals surface area contributed by atoms with Crippen molar-refractivity contribution < 1.29 is 9.90 Å². The Morgan fingerprint density at radius 1 is 1.70 bits per heavy atom. The third-order valence-corrected chi connectivity index (χ3v) is 1.29. The number of carboxylic acids is 1. The maximum Gasteiger partial charge on any atom is 0.331 e. The summed E-state index contributed by atoms with van der Waals surface area (Å²) in [6.45, 7) is 3.47. The fourth-order valence-electron chi connectivity index (χ4n) is 0.530. The normalized spacial score (nSPS) is 14.9. The van der Waals surface area contributed by atoms with Gasteiger partial charge >= 0.3 is 5.97 Å². The molecule has 0 rings (SSSR count). The Hall–Kier alpha value is -0.830. The monoisotopic (exact) mass is 143 g/mol. The summed E-state index contributed by atoms with van der Waals surface area (Å²) in [5.74, 6) is -0.859. The summed E-state index contributed by atoms with van der Waals surface area (Å²) in [7, 11) is 1.79. The largest absolute Gasteiger partial charge is 0.478 e. The number of nitrogens with one attached hydrogen (secondary N) is 1. The maximum absolute atomic E-state index is 10.3. The summed E-state index contributed by atoms with van der Waals surface area (Å²) in [5, 5.41) is 11.3. The molecule has 58 valence electrons. The van der Waals surface area contributed by atoms with Crippen molar-refractivity contribution in [2.24, 2.45) is 0 Å². The zero-order valence-corrected chi connectivity index (χ0v) is 6.51. The van der Waals surface area contributed by atoms with E-state index >= 15 is 0 Å². The fraction of sp³-hybridized carbons (Fsp3) is 0.571. The van der Waals surface area contributed by atoms with Gasteiger partial charge in [0, 0.05) is 11.6 Å². The van der Waals surface area contributed by atoms with Crippen LogP contribution in [0, 0.1) is 0 Å². The van der Waals surface area contributed by atoms with Crippen LogP contribution in [0.5, 0.6) is 0 Å². The molecule has 0 fully saturated rings. The lowest BCUT2D eigenvalue weighted by Gasteiger charge is -2.03. The van der Waals surface area contributed by atoms with E-state index in [0.717, 1.165) is 0 Å². The van der Waals surface area contributed by atoms with Crippen molar-refractivity contribution in [3.05, 3.63) is 11.6 Å². The average molecular weight is 143 g/mol. The SMILES string of the molecule is CNC(C)C=C(C)C(=O)O. The lowest BCUT2D eigenvalue weighted by atomic mass is 10.2. The highest BCUT2D eigenvalue weighted by Gasteiger charge is 2.00. The Morgan fingerprint density at radius 3 is 2.50 bits per heavy atom. The molecule has 3 heteroatoms. The van der Waals surface area contributed by atoms with Gasteiger partial charge in [0.05, 0.1) is 0 Å². The summed E-state index contributed by atoms with van der Waals surface area (Å²) in [5.41, 5.74) is 0.377. The highest BCUT2D eigenvalue weighted by Crippen LogP contribution is 1.94. The summed E-state index contributed by atoms with van der Waals surface area (Å²) in [6.07, 6.45) is 1.67. The first kappa shape index (κ1) is 9.17. The van der Waals surface area contributed by atoms with E-state index in [9.17, 15) is 4.79 Å². The molecule has 3 nitrogen and oxygen atoms in total.